The molecule has 7 rings (SSSR count). The molecule has 198 valence electrons. The number of rotatable bonds is 6. The SMILES string of the molecule is CC1(C)CNCCC1CNc1nc(-c2ccnc3[nH]c(-c4ccccc4Cl)cc23)nc2cncc(C3CC3)c12. The number of hydrogen-bond acceptors (Lipinski definition) is 6. The molecule has 0 bridgehead atoms. The van der Waals surface area contributed by atoms with Gasteiger partial charge in [0.1, 0.15) is 11.5 Å². The molecule has 1 aromatic carbocycles. The summed E-state index contributed by atoms with van der Waals surface area (Å²) in [6.07, 6.45) is 9.23. The second-order valence-electron chi connectivity index (χ2n) is 11.6. The minimum Gasteiger partial charge on any atom is -0.369 e. The van der Waals surface area contributed by atoms with Crippen molar-refractivity contribution in [2.75, 3.05) is 25.0 Å². The molecule has 3 N–H and O–H groups in total. The van der Waals surface area contributed by atoms with Crippen molar-refractivity contribution >= 4 is 39.4 Å². The molecule has 39 heavy (non-hydrogen) atoms. The van der Waals surface area contributed by atoms with E-state index >= 15 is 0 Å². The lowest BCUT2D eigenvalue weighted by atomic mass is 9.74. The highest BCUT2D eigenvalue weighted by Gasteiger charge is 2.33. The molecule has 2 fully saturated rings. The molecule has 1 aliphatic heterocycles. The first-order valence-electron chi connectivity index (χ1n) is 13.8. The molecule has 1 aliphatic carbocycles. The largest absolute Gasteiger partial charge is 0.369 e. The van der Waals surface area contributed by atoms with Gasteiger partial charge in [0, 0.05) is 58.1 Å². The van der Waals surface area contributed by atoms with Crippen LogP contribution >= 0.6 is 11.6 Å². The zero-order valence-corrected chi connectivity index (χ0v) is 23.0. The minimum atomic E-state index is 0.218. The normalized spacial score (nSPS) is 19.0. The van der Waals surface area contributed by atoms with E-state index in [0.29, 0.717) is 22.7 Å². The summed E-state index contributed by atoms with van der Waals surface area (Å²) in [5, 5.41) is 10.1. The summed E-state index contributed by atoms with van der Waals surface area (Å²) in [6.45, 7) is 7.66. The molecule has 5 heterocycles. The van der Waals surface area contributed by atoms with Gasteiger partial charge in [-0.05, 0) is 66.8 Å². The van der Waals surface area contributed by atoms with Crippen LogP contribution in [0.15, 0.2) is 55.0 Å². The van der Waals surface area contributed by atoms with E-state index in [2.05, 4.69) is 45.5 Å². The number of H-pyrrole nitrogens is 1. The van der Waals surface area contributed by atoms with Gasteiger partial charge in [0.15, 0.2) is 5.82 Å². The lowest BCUT2D eigenvalue weighted by Gasteiger charge is -2.39. The molecule has 0 radical (unpaired) electrons. The second-order valence-corrected chi connectivity index (χ2v) is 12.0. The molecular weight excluding hydrogens is 506 g/mol. The van der Waals surface area contributed by atoms with Crippen LogP contribution in [0, 0.1) is 11.3 Å². The highest BCUT2D eigenvalue weighted by molar-refractivity contribution is 6.33. The topological polar surface area (TPSA) is 91.4 Å². The van der Waals surface area contributed by atoms with Crippen LogP contribution in [0.3, 0.4) is 0 Å². The van der Waals surface area contributed by atoms with Gasteiger partial charge in [-0.1, -0.05) is 43.6 Å². The highest BCUT2D eigenvalue weighted by Crippen LogP contribution is 2.45. The molecule has 1 unspecified atom stereocenters. The van der Waals surface area contributed by atoms with Gasteiger partial charge >= 0.3 is 0 Å². The maximum absolute atomic E-state index is 6.51. The van der Waals surface area contributed by atoms with E-state index in [9.17, 15) is 0 Å². The first kappa shape index (κ1) is 24.5. The quantitative estimate of drug-likeness (QED) is 0.220. The fourth-order valence-corrected chi connectivity index (χ4v) is 6.17. The lowest BCUT2D eigenvalue weighted by molar-refractivity contribution is 0.166. The average molecular weight is 538 g/mol. The van der Waals surface area contributed by atoms with Crippen LogP contribution in [0.1, 0.15) is 44.6 Å². The van der Waals surface area contributed by atoms with Gasteiger partial charge in [-0.15, -0.1) is 0 Å². The Labute approximate surface area is 232 Å². The Morgan fingerprint density at radius 3 is 2.74 bits per heavy atom. The molecule has 2 aliphatic rings. The fraction of sp³-hybridized carbons (Fsp3) is 0.355. The number of anilines is 1. The van der Waals surface area contributed by atoms with Crippen molar-refractivity contribution in [3.05, 3.63) is 65.6 Å². The van der Waals surface area contributed by atoms with Crippen LogP contribution in [0.5, 0.6) is 0 Å². The molecular formula is C31H32ClN7. The van der Waals surface area contributed by atoms with Crippen LogP contribution in [0.2, 0.25) is 5.02 Å². The summed E-state index contributed by atoms with van der Waals surface area (Å²) < 4.78 is 0. The number of hydrogen-bond donors (Lipinski definition) is 3. The van der Waals surface area contributed by atoms with Gasteiger partial charge < -0.3 is 15.6 Å². The van der Waals surface area contributed by atoms with E-state index in [-0.39, 0.29) is 5.41 Å². The molecule has 4 aromatic heterocycles. The maximum Gasteiger partial charge on any atom is 0.163 e. The van der Waals surface area contributed by atoms with Crippen LogP contribution in [0.25, 0.3) is 44.6 Å². The Kier molecular flexibility index (Phi) is 6.01. The number of aromatic nitrogens is 5. The van der Waals surface area contributed by atoms with Crippen LogP contribution in [0.4, 0.5) is 5.82 Å². The van der Waals surface area contributed by atoms with Crippen molar-refractivity contribution in [2.45, 2.75) is 39.0 Å². The predicted molar refractivity (Wildman–Crippen MR) is 158 cm³/mol. The third kappa shape index (κ3) is 4.53. The Morgan fingerprint density at radius 1 is 1.05 bits per heavy atom. The van der Waals surface area contributed by atoms with Crippen molar-refractivity contribution in [3.8, 4) is 22.6 Å². The summed E-state index contributed by atoms with van der Waals surface area (Å²) in [7, 11) is 0. The Bertz CT molecular complexity index is 1690. The molecule has 0 amide bonds. The Balaban J connectivity index is 1.34. The Hall–Kier alpha value is -3.55. The van der Waals surface area contributed by atoms with E-state index in [0.717, 1.165) is 70.6 Å². The van der Waals surface area contributed by atoms with Crippen LogP contribution < -0.4 is 10.6 Å². The van der Waals surface area contributed by atoms with Gasteiger partial charge in [0.05, 0.1) is 11.7 Å². The van der Waals surface area contributed by atoms with E-state index < -0.39 is 0 Å². The van der Waals surface area contributed by atoms with Crippen molar-refractivity contribution in [1.82, 2.24) is 30.2 Å². The van der Waals surface area contributed by atoms with E-state index in [1.165, 1.54) is 18.4 Å². The third-order valence-corrected chi connectivity index (χ3v) is 8.79. The number of pyridine rings is 2. The van der Waals surface area contributed by atoms with Gasteiger partial charge in [-0.3, -0.25) is 4.98 Å². The van der Waals surface area contributed by atoms with Crippen LogP contribution in [-0.2, 0) is 0 Å². The zero-order valence-electron chi connectivity index (χ0n) is 22.3. The standard InChI is InChI=1S/C31H32ClN7/c1-31(2)17-33-11-9-19(31)14-36-30-27-23(18-7-8-18)15-34-16-26(27)38-29(39-30)20-10-12-35-28-22(20)13-25(37-28)21-5-3-4-6-24(21)32/h3-6,10,12-13,15-16,18-19,33H,7-9,11,14,17H2,1-2H3,(H,35,37)(H,36,38,39). The van der Waals surface area contributed by atoms with Gasteiger partial charge in [-0.25, -0.2) is 15.0 Å². The summed E-state index contributed by atoms with van der Waals surface area (Å²) in [4.78, 5) is 22.9. The highest BCUT2D eigenvalue weighted by atomic mass is 35.5. The first-order valence-corrected chi connectivity index (χ1v) is 14.2. The number of halogens is 1. The van der Waals surface area contributed by atoms with Gasteiger partial charge in [0.25, 0.3) is 0 Å². The van der Waals surface area contributed by atoms with Crippen molar-refractivity contribution in [1.29, 1.82) is 0 Å². The fourth-order valence-electron chi connectivity index (χ4n) is 5.93. The summed E-state index contributed by atoms with van der Waals surface area (Å²) in [6, 6.07) is 11.9. The maximum atomic E-state index is 6.51. The monoisotopic (exact) mass is 537 g/mol. The van der Waals surface area contributed by atoms with Crippen LogP contribution in [-0.4, -0.2) is 44.6 Å². The molecule has 1 saturated heterocycles. The zero-order chi connectivity index (χ0) is 26.6. The lowest BCUT2D eigenvalue weighted by Crippen LogP contribution is -2.45. The van der Waals surface area contributed by atoms with E-state index in [1.807, 2.05) is 48.9 Å². The number of benzene rings is 1. The molecule has 1 saturated carbocycles. The number of fused-ring (bicyclic) bond motifs is 2. The minimum absolute atomic E-state index is 0.218. The molecule has 5 aromatic rings. The van der Waals surface area contributed by atoms with E-state index in [1.54, 1.807) is 0 Å². The van der Waals surface area contributed by atoms with Crippen molar-refractivity contribution in [2.24, 2.45) is 11.3 Å². The van der Waals surface area contributed by atoms with E-state index in [4.69, 9.17) is 21.6 Å². The first-order chi connectivity index (χ1) is 19.0. The average Bonchev–Trinajstić information content (AvgIpc) is 3.69. The second kappa shape index (κ2) is 9.57. The Morgan fingerprint density at radius 2 is 1.92 bits per heavy atom. The van der Waals surface area contributed by atoms with Gasteiger partial charge in [-0.2, -0.15) is 0 Å². The molecule has 0 spiro atoms. The number of nitrogens with one attached hydrogen (secondary N) is 3. The molecule has 8 heteroatoms. The third-order valence-electron chi connectivity index (χ3n) is 8.46. The number of nitrogens with zero attached hydrogens (tertiary/aromatic N) is 4. The van der Waals surface area contributed by atoms with Crippen molar-refractivity contribution in [3.63, 3.8) is 0 Å². The predicted octanol–water partition coefficient (Wildman–Crippen LogP) is 6.81. The summed E-state index contributed by atoms with van der Waals surface area (Å²) in [5.41, 5.74) is 5.92. The number of aromatic amines is 1. The van der Waals surface area contributed by atoms with Gasteiger partial charge in [0.2, 0.25) is 0 Å². The summed E-state index contributed by atoms with van der Waals surface area (Å²) >= 11 is 6.51. The summed E-state index contributed by atoms with van der Waals surface area (Å²) in [5.74, 6) is 2.66. The smallest absolute Gasteiger partial charge is 0.163 e. The molecule has 7 nitrogen and oxygen atoms in total. The number of piperidine rings is 1. The van der Waals surface area contributed by atoms with Crippen molar-refractivity contribution < 1.29 is 0 Å². The molecule has 1 atom stereocenters.